The zero-order chi connectivity index (χ0) is 13.1. The lowest BCUT2D eigenvalue weighted by atomic mass is 10.2. The van der Waals surface area contributed by atoms with Crippen LogP contribution in [-0.2, 0) is 6.54 Å². The van der Waals surface area contributed by atoms with Crippen LogP contribution in [0.4, 0.5) is 0 Å². The van der Waals surface area contributed by atoms with Crippen LogP contribution in [0.2, 0.25) is 0 Å². The smallest absolute Gasteiger partial charge is 0.229 e. The Kier molecular flexibility index (Phi) is 4.08. The normalized spacial score (nSPS) is 13.2. The fourth-order valence-electron chi connectivity index (χ4n) is 1.48. The lowest BCUT2D eigenvalue weighted by Gasteiger charge is -2.08. The molecule has 5 nitrogen and oxygen atoms in total. The van der Waals surface area contributed by atoms with Gasteiger partial charge in [-0.1, -0.05) is 19.0 Å². The zero-order valence-corrected chi connectivity index (χ0v) is 11.9. The molecule has 0 spiro atoms. The molecule has 0 bridgehead atoms. The van der Waals surface area contributed by atoms with Crippen LogP contribution < -0.4 is 5.32 Å². The van der Waals surface area contributed by atoms with Crippen LogP contribution >= 0.6 is 11.3 Å². The molecule has 0 aliphatic heterocycles. The summed E-state index contributed by atoms with van der Waals surface area (Å²) in [4.78, 5) is 9.90. The molecule has 1 atom stereocenters. The van der Waals surface area contributed by atoms with Crippen molar-refractivity contribution < 1.29 is 4.52 Å². The van der Waals surface area contributed by atoms with Gasteiger partial charge in [0, 0.05) is 17.0 Å². The molecule has 2 aromatic rings. The summed E-state index contributed by atoms with van der Waals surface area (Å²) in [5, 5.41) is 8.37. The van der Waals surface area contributed by atoms with Gasteiger partial charge in [0.05, 0.1) is 12.6 Å². The second-order valence-corrected chi connectivity index (χ2v) is 5.88. The Morgan fingerprint density at radius 2 is 2.17 bits per heavy atom. The van der Waals surface area contributed by atoms with E-state index in [0.717, 1.165) is 5.01 Å². The summed E-state index contributed by atoms with van der Waals surface area (Å²) in [5.74, 6) is 1.65. The molecule has 0 saturated carbocycles. The first-order valence-electron chi connectivity index (χ1n) is 6.04. The van der Waals surface area contributed by atoms with Gasteiger partial charge in [-0.15, -0.1) is 11.3 Å². The van der Waals surface area contributed by atoms with Crippen molar-refractivity contribution in [1.82, 2.24) is 20.4 Å². The van der Waals surface area contributed by atoms with Gasteiger partial charge in [0.2, 0.25) is 5.89 Å². The van der Waals surface area contributed by atoms with Crippen molar-refractivity contribution in [3.05, 3.63) is 27.8 Å². The van der Waals surface area contributed by atoms with Crippen LogP contribution in [0.3, 0.4) is 0 Å². The first-order chi connectivity index (χ1) is 8.56. The largest absolute Gasteiger partial charge is 0.339 e. The summed E-state index contributed by atoms with van der Waals surface area (Å²) < 4.78 is 5.15. The van der Waals surface area contributed by atoms with Gasteiger partial charge in [0.25, 0.3) is 0 Å². The lowest BCUT2D eigenvalue weighted by molar-refractivity contribution is 0.358. The highest BCUT2D eigenvalue weighted by molar-refractivity contribution is 7.11. The number of thiazole rings is 1. The van der Waals surface area contributed by atoms with E-state index in [1.54, 1.807) is 11.3 Å². The molecule has 18 heavy (non-hydrogen) atoms. The third-order valence-electron chi connectivity index (χ3n) is 2.55. The van der Waals surface area contributed by atoms with E-state index in [0.29, 0.717) is 18.3 Å². The fraction of sp³-hybridized carbons (Fsp3) is 0.583. The Morgan fingerprint density at radius 1 is 1.39 bits per heavy atom. The maximum atomic E-state index is 5.15. The first kappa shape index (κ1) is 13.2. The van der Waals surface area contributed by atoms with E-state index in [9.17, 15) is 0 Å². The highest BCUT2D eigenvalue weighted by Gasteiger charge is 2.12. The predicted octanol–water partition coefficient (Wildman–Crippen LogP) is 2.81. The molecule has 98 valence electrons. The number of nitrogens with one attached hydrogen (secondary N) is 1. The predicted molar refractivity (Wildman–Crippen MR) is 70.5 cm³/mol. The van der Waals surface area contributed by atoms with Crippen molar-refractivity contribution in [1.29, 1.82) is 0 Å². The number of rotatable bonds is 5. The summed E-state index contributed by atoms with van der Waals surface area (Å²) in [5.41, 5.74) is 0. The minimum Gasteiger partial charge on any atom is -0.339 e. The summed E-state index contributed by atoms with van der Waals surface area (Å²) in [7, 11) is 0. The number of aryl methyl sites for hydroxylation is 1. The van der Waals surface area contributed by atoms with Crippen molar-refractivity contribution >= 4 is 11.3 Å². The number of nitrogens with zero attached hydrogens (tertiary/aromatic N) is 3. The number of hydrogen-bond donors (Lipinski definition) is 1. The molecule has 0 saturated heterocycles. The Hall–Kier alpha value is -1.27. The molecular weight excluding hydrogens is 248 g/mol. The lowest BCUT2D eigenvalue weighted by Crippen LogP contribution is -2.18. The van der Waals surface area contributed by atoms with Gasteiger partial charge in [-0.2, -0.15) is 4.98 Å². The maximum Gasteiger partial charge on any atom is 0.229 e. The molecule has 1 N–H and O–H groups in total. The van der Waals surface area contributed by atoms with E-state index in [1.807, 2.05) is 20.0 Å². The van der Waals surface area contributed by atoms with E-state index in [2.05, 4.69) is 34.3 Å². The molecule has 2 rings (SSSR count). The van der Waals surface area contributed by atoms with Gasteiger partial charge in [-0.05, 0) is 13.8 Å². The van der Waals surface area contributed by atoms with E-state index < -0.39 is 0 Å². The number of hydrogen-bond acceptors (Lipinski definition) is 6. The average Bonchev–Trinajstić information content (AvgIpc) is 2.94. The molecule has 6 heteroatoms. The third-order valence-corrected chi connectivity index (χ3v) is 3.65. The van der Waals surface area contributed by atoms with Crippen LogP contribution in [0, 0.1) is 6.92 Å². The van der Waals surface area contributed by atoms with Gasteiger partial charge in [0.1, 0.15) is 5.01 Å². The van der Waals surface area contributed by atoms with Crippen LogP contribution in [0.1, 0.15) is 54.3 Å². The zero-order valence-electron chi connectivity index (χ0n) is 11.1. The highest BCUT2D eigenvalue weighted by atomic mass is 32.1. The minimum atomic E-state index is 0.199. The van der Waals surface area contributed by atoms with Crippen molar-refractivity contribution in [3.8, 4) is 0 Å². The minimum absolute atomic E-state index is 0.199. The number of aromatic nitrogens is 3. The van der Waals surface area contributed by atoms with Gasteiger partial charge in [-0.3, -0.25) is 0 Å². The first-order valence-corrected chi connectivity index (χ1v) is 6.86. The quantitative estimate of drug-likeness (QED) is 0.901. The molecule has 2 aromatic heterocycles. The molecule has 0 aliphatic rings. The summed E-state index contributed by atoms with van der Waals surface area (Å²) in [6.07, 6.45) is 1.89. The average molecular weight is 266 g/mol. The van der Waals surface area contributed by atoms with Crippen LogP contribution in [0.5, 0.6) is 0 Å². The van der Waals surface area contributed by atoms with Gasteiger partial charge < -0.3 is 9.84 Å². The summed E-state index contributed by atoms with van der Waals surface area (Å²) >= 11 is 1.70. The van der Waals surface area contributed by atoms with Crippen LogP contribution in [0.25, 0.3) is 0 Å². The van der Waals surface area contributed by atoms with Gasteiger partial charge >= 0.3 is 0 Å². The van der Waals surface area contributed by atoms with Gasteiger partial charge in [-0.25, -0.2) is 4.98 Å². The summed E-state index contributed by atoms with van der Waals surface area (Å²) in [6, 6.07) is 0.199. The molecule has 2 heterocycles. The van der Waals surface area contributed by atoms with E-state index in [4.69, 9.17) is 4.52 Å². The molecular formula is C12H18N4OS. The fourth-order valence-corrected chi connectivity index (χ4v) is 2.28. The van der Waals surface area contributed by atoms with E-state index >= 15 is 0 Å². The molecule has 0 radical (unpaired) electrons. The monoisotopic (exact) mass is 266 g/mol. The van der Waals surface area contributed by atoms with Crippen molar-refractivity contribution in [3.63, 3.8) is 0 Å². The van der Waals surface area contributed by atoms with Crippen molar-refractivity contribution in [2.75, 3.05) is 0 Å². The second-order valence-electron chi connectivity index (χ2n) is 4.62. The SMILES string of the molecule is Cc1cnc([C@@H](C)NCc2noc(C(C)C)n2)s1. The molecule has 0 aliphatic carbocycles. The Balaban J connectivity index is 1.90. The molecule has 0 aromatic carbocycles. The molecule has 0 unspecified atom stereocenters. The van der Waals surface area contributed by atoms with Crippen LogP contribution in [0.15, 0.2) is 10.7 Å². The van der Waals surface area contributed by atoms with Gasteiger partial charge in [0.15, 0.2) is 5.82 Å². The second kappa shape index (κ2) is 5.58. The van der Waals surface area contributed by atoms with Crippen molar-refractivity contribution in [2.45, 2.75) is 46.2 Å². The Bertz CT molecular complexity index is 506. The van der Waals surface area contributed by atoms with E-state index in [1.165, 1.54) is 4.88 Å². The maximum absolute atomic E-state index is 5.15. The Labute approximate surface area is 111 Å². The standard InChI is InChI=1S/C12H18N4OS/c1-7(2)11-15-10(16-17-11)6-13-9(4)12-14-5-8(3)18-12/h5,7,9,13H,6H2,1-4H3/t9-/m1/s1. The van der Waals surface area contributed by atoms with Crippen LogP contribution in [-0.4, -0.2) is 15.1 Å². The Morgan fingerprint density at radius 3 is 2.72 bits per heavy atom. The van der Waals surface area contributed by atoms with E-state index in [-0.39, 0.29) is 12.0 Å². The molecule has 0 amide bonds. The summed E-state index contributed by atoms with van der Waals surface area (Å²) in [6.45, 7) is 8.80. The topological polar surface area (TPSA) is 63.8 Å². The third kappa shape index (κ3) is 3.14. The molecule has 0 fully saturated rings. The highest BCUT2D eigenvalue weighted by Crippen LogP contribution is 2.19. The van der Waals surface area contributed by atoms with Crippen molar-refractivity contribution in [2.24, 2.45) is 0 Å².